The van der Waals surface area contributed by atoms with E-state index in [1.807, 2.05) is 0 Å². The van der Waals surface area contributed by atoms with E-state index in [0.29, 0.717) is 5.02 Å². The van der Waals surface area contributed by atoms with E-state index >= 15 is 0 Å². The highest BCUT2D eigenvalue weighted by atomic mass is 79.9. The molecule has 6 heteroatoms. The first kappa shape index (κ1) is 14.7. The number of benzene rings is 1. The summed E-state index contributed by atoms with van der Waals surface area (Å²) in [4.78, 5) is 12.1. The summed E-state index contributed by atoms with van der Waals surface area (Å²) in [5.41, 5.74) is 0.272. The summed E-state index contributed by atoms with van der Waals surface area (Å²) in [7, 11) is -3.53. The highest BCUT2D eigenvalue weighted by molar-refractivity contribution is 9.12. The maximum atomic E-state index is 12.1. The lowest BCUT2D eigenvalue weighted by Crippen LogP contribution is -2.38. The average molecular weight is 340 g/mol. The van der Waals surface area contributed by atoms with Crippen LogP contribution in [0, 0.1) is 0 Å². The second kappa shape index (κ2) is 5.08. The average Bonchev–Trinajstić information content (AvgIpc) is 2.27. The van der Waals surface area contributed by atoms with Crippen LogP contribution in [0.15, 0.2) is 24.3 Å². The minimum absolute atomic E-state index is 0.110. The van der Waals surface area contributed by atoms with Crippen LogP contribution in [0.4, 0.5) is 0 Å². The Morgan fingerprint density at radius 3 is 2.53 bits per heavy atom. The number of hydrogen-bond donors (Lipinski definition) is 0. The summed E-state index contributed by atoms with van der Waals surface area (Å²) in [5, 5.41) is 0.396. The van der Waals surface area contributed by atoms with Gasteiger partial charge in [-0.1, -0.05) is 46.6 Å². The molecule has 1 unspecified atom stereocenters. The van der Waals surface area contributed by atoms with E-state index in [9.17, 15) is 13.2 Å². The fourth-order valence-corrected chi connectivity index (χ4v) is 3.35. The van der Waals surface area contributed by atoms with Crippen molar-refractivity contribution in [2.45, 2.75) is 17.5 Å². The van der Waals surface area contributed by atoms with Gasteiger partial charge in [0.15, 0.2) is 19.3 Å². The molecule has 0 fully saturated rings. The molecular weight excluding hydrogens is 328 g/mol. The molecule has 0 spiro atoms. The largest absolute Gasteiger partial charge is 0.291 e. The second-order valence-electron chi connectivity index (χ2n) is 3.66. The van der Waals surface area contributed by atoms with Crippen molar-refractivity contribution in [3.63, 3.8) is 0 Å². The van der Waals surface area contributed by atoms with Crippen LogP contribution in [0.5, 0.6) is 0 Å². The van der Waals surface area contributed by atoms with Crippen molar-refractivity contribution < 1.29 is 13.2 Å². The first-order chi connectivity index (χ1) is 7.72. The van der Waals surface area contributed by atoms with Gasteiger partial charge in [-0.05, 0) is 19.1 Å². The van der Waals surface area contributed by atoms with Gasteiger partial charge in [-0.3, -0.25) is 4.79 Å². The third-order valence-electron chi connectivity index (χ3n) is 2.46. The normalized spacial score (nSPS) is 15.3. The van der Waals surface area contributed by atoms with Gasteiger partial charge in [-0.2, -0.15) is 0 Å². The van der Waals surface area contributed by atoms with Gasteiger partial charge in [-0.15, -0.1) is 0 Å². The fourth-order valence-electron chi connectivity index (χ4n) is 1.30. The van der Waals surface area contributed by atoms with E-state index < -0.39 is 19.3 Å². The Labute approximate surface area is 114 Å². The van der Waals surface area contributed by atoms with Crippen LogP contribution < -0.4 is 0 Å². The monoisotopic (exact) mass is 338 g/mol. The molecular formula is C11H12BrClO3S. The van der Waals surface area contributed by atoms with E-state index in [2.05, 4.69) is 15.9 Å². The van der Waals surface area contributed by atoms with Crippen LogP contribution in [0.25, 0.3) is 0 Å². The van der Waals surface area contributed by atoms with Crippen molar-refractivity contribution in [3.05, 3.63) is 34.9 Å². The number of halogens is 2. The summed E-state index contributed by atoms with van der Waals surface area (Å²) < 4.78 is 22.0. The maximum Gasteiger partial charge on any atom is 0.194 e. The molecule has 1 rings (SSSR count). The molecule has 1 aromatic carbocycles. The number of rotatable bonds is 4. The summed E-state index contributed by atoms with van der Waals surface area (Å²) in [6, 6.07) is 6.23. The molecule has 0 aliphatic heterocycles. The Morgan fingerprint density at radius 1 is 1.47 bits per heavy atom. The van der Waals surface area contributed by atoms with Crippen molar-refractivity contribution in [3.8, 4) is 0 Å². The minimum atomic E-state index is -3.53. The Balaban J connectivity index is 3.23. The summed E-state index contributed by atoms with van der Waals surface area (Å²) in [6.07, 6.45) is 0. The number of Topliss-reactive ketones (excluding diaryl/α,β-unsaturated/α-hetero) is 1. The van der Waals surface area contributed by atoms with E-state index in [1.165, 1.54) is 19.9 Å². The maximum absolute atomic E-state index is 12.1. The number of alkyl halides is 1. The molecule has 0 radical (unpaired) electrons. The standard InChI is InChI=1S/C11H12BrClO3S/c1-3-17(15,16)11(2,12)10(14)8-5-4-6-9(13)7-8/h4-7H,3H2,1-2H3. The smallest absolute Gasteiger partial charge is 0.194 e. The second-order valence-corrected chi connectivity index (χ2v) is 8.83. The van der Waals surface area contributed by atoms with Crippen LogP contribution in [0.2, 0.25) is 5.02 Å². The molecule has 0 N–H and O–H groups in total. The molecule has 1 aromatic rings. The highest BCUT2D eigenvalue weighted by Gasteiger charge is 2.42. The van der Waals surface area contributed by atoms with Gasteiger partial charge in [0.25, 0.3) is 0 Å². The number of carbonyl (C=O) groups is 1. The lowest BCUT2D eigenvalue weighted by molar-refractivity contribution is 0.0983. The fraction of sp³-hybridized carbons (Fsp3) is 0.364. The lowest BCUT2D eigenvalue weighted by atomic mass is 10.1. The SMILES string of the molecule is CCS(=O)(=O)C(C)(Br)C(=O)c1cccc(Cl)c1. The van der Waals surface area contributed by atoms with E-state index in [1.54, 1.807) is 18.2 Å². The lowest BCUT2D eigenvalue weighted by Gasteiger charge is -2.20. The summed E-state index contributed by atoms with van der Waals surface area (Å²) in [6.45, 7) is 2.84. The number of hydrogen-bond acceptors (Lipinski definition) is 3. The predicted octanol–water partition coefficient (Wildman–Crippen LogP) is 3.07. The van der Waals surface area contributed by atoms with Crippen molar-refractivity contribution >= 4 is 43.2 Å². The highest BCUT2D eigenvalue weighted by Crippen LogP contribution is 2.30. The van der Waals surface area contributed by atoms with Crippen molar-refractivity contribution in [2.75, 3.05) is 5.75 Å². The van der Waals surface area contributed by atoms with Gasteiger partial charge in [0.1, 0.15) is 0 Å². The Morgan fingerprint density at radius 2 is 2.06 bits per heavy atom. The molecule has 0 saturated carbocycles. The van der Waals surface area contributed by atoms with Crippen LogP contribution in [0.3, 0.4) is 0 Å². The predicted molar refractivity (Wildman–Crippen MR) is 72.6 cm³/mol. The van der Waals surface area contributed by atoms with E-state index in [0.717, 1.165) is 0 Å². The number of ketones is 1. The van der Waals surface area contributed by atoms with Crippen LogP contribution >= 0.6 is 27.5 Å². The van der Waals surface area contributed by atoms with Crippen LogP contribution in [0.1, 0.15) is 24.2 Å². The van der Waals surface area contributed by atoms with Gasteiger partial charge in [-0.25, -0.2) is 8.42 Å². The molecule has 3 nitrogen and oxygen atoms in total. The summed E-state index contributed by atoms with van der Waals surface area (Å²) in [5.74, 6) is -0.622. The first-order valence-electron chi connectivity index (χ1n) is 4.94. The molecule has 0 heterocycles. The zero-order valence-corrected chi connectivity index (χ0v) is 12.6. The third kappa shape index (κ3) is 2.89. The van der Waals surface area contributed by atoms with Crippen molar-refractivity contribution in [1.82, 2.24) is 0 Å². The van der Waals surface area contributed by atoms with Crippen LogP contribution in [-0.2, 0) is 9.84 Å². The zero-order valence-electron chi connectivity index (χ0n) is 9.41. The zero-order chi connectivity index (χ0) is 13.3. The van der Waals surface area contributed by atoms with E-state index in [4.69, 9.17) is 11.6 Å². The number of sulfone groups is 1. The quantitative estimate of drug-likeness (QED) is 0.626. The molecule has 94 valence electrons. The molecule has 0 amide bonds. The van der Waals surface area contributed by atoms with Gasteiger partial charge in [0.05, 0.1) is 0 Å². The molecule has 0 aliphatic carbocycles. The molecule has 0 saturated heterocycles. The third-order valence-corrected chi connectivity index (χ3v) is 6.65. The van der Waals surface area contributed by atoms with Gasteiger partial charge in [0.2, 0.25) is 0 Å². The molecule has 0 aliphatic rings. The Hall–Kier alpha value is -0.390. The summed E-state index contributed by atoms with van der Waals surface area (Å²) >= 11 is 8.78. The topological polar surface area (TPSA) is 51.2 Å². The minimum Gasteiger partial charge on any atom is -0.291 e. The van der Waals surface area contributed by atoms with Gasteiger partial charge in [0, 0.05) is 16.3 Å². The van der Waals surface area contributed by atoms with E-state index in [-0.39, 0.29) is 11.3 Å². The molecule has 1 atom stereocenters. The Kier molecular flexibility index (Phi) is 4.38. The molecule has 17 heavy (non-hydrogen) atoms. The van der Waals surface area contributed by atoms with Crippen LogP contribution in [-0.4, -0.2) is 23.6 Å². The first-order valence-corrected chi connectivity index (χ1v) is 7.76. The molecule has 0 bridgehead atoms. The number of carbonyl (C=O) groups excluding carboxylic acids is 1. The molecule has 0 aromatic heterocycles. The Bertz CT molecular complexity index is 537. The van der Waals surface area contributed by atoms with Crippen molar-refractivity contribution in [2.24, 2.45) is 0 Å². The van der Waals surface area contributed by atoms with Gasteiger partial charge < -0.3 is 0 Å². The van der Waals surface area contributed by atoms with Crippen molar-refractivity contribution in [1.29, 1.82) is 0 Å². The van der Waals surface area contributed by atoms with Gasteiger partial charge >= 0.3 is 0 Å².